The van der Waals surface area contributed by atoms with Crippen LogP contribution in [0.2, 0.25) is 10.0 Å². The first-order valence-corrected chi connectivity index (χ1v) is 8.89. The lowest BCUT2D eigenvalue weighted by atomic mass is 9.98. The van der Waals surface area contributed by atoms with Gasteiger partial charge in [0.15, 0.2) is 0 Å². The van der Waals surface area contributed by atoms with Gasteiger partial charge in [-0.3, -0.25) is 4.79 Å². The van der Waals surface area contributed by atoms with Gasteiger partial charge in [-0.1, -0.05) is 53.5 Å². The molecule has 25 heavy (non-hydrogen) atoms. The van der Waals surface area contributed by atoms with Crippen LogP contribution in [0, 0.1) is 0 Å². The van der Waals surface area contributed by atoms with E-state index in [0.29, 0.717) is 23.7 Å². The molecule has 5 heteroatoms. The second-order valence-electron chi connectivity index (χ2n) is 6.08. The molecule has 3 aromatic rings. The number of H-pyrrole nitrogens is 1. The molecule has 0 saturated carbocycles. The molecule has 1 aliphatic rings. The van der Waals surface area contributed by atoms with Gasteiger partial charge in [0.2, 0.25) is 0 Å². The maximum Gasteiger partial charge on any atom is 0.255 e. The van der Waals surface area contributed by atoms with Crippen LogP contribution < -0.4 is 0 Å². The van der Waals surface area contributed by atoms with E-state index in [-0.39, 0.29) is 5.91 Å². The Bertz CT molecular complexity index is 990. The van der Waals surface area contributed by atoms with Crippen LogP contribution in [0.4, 0.5) is 0 Å². The van der Waals surface area contributed by atoms with Crippen LogP contribution >= 0.6 is 23.2 Å². The highest BCUT2D eigenvalue weighted by Gasteiger charge is 2.22. The molecule has 3 nitrogen and oxygen atoms in total. The van der Waals surface area contributed by atoms with Crippen molar-refractivity contribution in [1.29, 1.82) is 0 Å². The average Bonchev–Trinajstić information content (AvgIpc) is 3.07. The monoisotopic (exact) mass is 370 g/mol. The van der Waals surface area contributed by atoms with E-state index in [9.17, 15) is 4.79 Å². The predicted octanol–water partition coefficient (Wildman–Crippen LogP) is 5.40. The molecule has 0 spiro atoms. The third-order valence-electron chi connectivity index (χ3n) is 4.61. The molecule has 0 saturated heterocycles. The van der Waals surface area contributed by atoms with Crippen LogP contribution in [0.1, 0.15) is 22.3 Å². The fourth-order valence-corrected chi connectivity index (χ4v) is 3.73. The molecule has 1 N–H and O–H groups in total. The summed E-state index contributed by atoms with van der Waals surface area (Å²) in [7, 11) is 0. The van der Waals surface area contributed by atoms with Crippen molar-refractivity contribution < 1.29 is 4.79 Å². The quantitative estimate of drug-likeness (QED) is 0.643. The Morgan fingerprint density at radius 3 is 2.60 bits per heavy atom. The highest BCUT2D eigenvalue weighted by Crippen LogP contribution is 2.32. The molecule has 2 heterocycles. The first kappa shape index (κ1) is 16.2. The largest absolute Gasteiger partial charge is 0.359 e. The van der Waals surface area contributed by atoms with Gasteiger partial charge in [0.25, 0.3) is 5.91 Å². The minimum absolute atomic E-state index is 0.0251. The highest BCUT2D eigenvalue weighted by atomic mass is 35.5. The smallest absolute Gasteiger partial charge is 0.255 e. The lowest BCUT2D eigenvalue weighted by Crippen LogP contribution is -2.34. The molecule has 0 unspecified atom stereocenters. The number of fused-ring (bicyclic) bond motifs is 1. The summed E-state index contributed by atoms with van der Waals surface area (Å²) < 4.78 is 0. The number of carbonyl (C=O) groups is 1. The zero-order valence-electron chi connectivity index (χ0n) is 13.4. The van der Waals surface area contributed by atoms with Crippen molar-refractivity contribution in [3.05, 3.63) is 75.9 Å². The van der Waals surface area contributed by atoms with Crippen molar-refractivity contribution in [3.63, 3.8) is 0 Å². The summed E-state index contributed by atoms with van der Waals surface area (Å²) in [5, 5.41) is 2.33. The molecule has 1 aromatic heterocycles. The van der Waals surface area contributed by atoms with Gasteiger partial charge in [-0.25, -0.2) is 0 Å². The van der Waals surface area contributed by atoms with Gasteiger partial charge >= 0.3 is 0 Å². The Kier molecular flexibility index (Phi) is 4.28. The number of nitrogens with one attached hydrogen (secondary N) is 1. The Morgan fingerprint density at radius 1 is 1.04 bits per heavy atom. The normalized spacial score (nSPS) is 14.6. The Labute approximate surface area is 155 Å². The minimum Gasteiger partial charge on any atom is -0.359 e. The Hall–Kier alpha value is -2.23. The average molecular weight is 371 g/mol. The molecule has 1 amide bonds. The van der Waals surface area contributed by atoms with Crippen LogP contribution in [-0.2, 0) is 0 Å². The molecule has 4 rings (SSSR count). The Balaban J connectivity index is 1.59. The summed E-state index contributed by atoms with van der Waals surface area (Å²) in [6, 6.07) is 13.1. The topological polar surface area (TPSA) is 36.1 Å². The van der Waals surface area contributed by atoms with E-state index < -0.39 is 0 Å². The molecule has 0 fully saturated rings. The van der Waals surface area contributed by atoms with Crippen LogP contribution in [0.3, 0.4) is 0 Å². The lowest BCUT2D eigenvalue weighted by molar-refractivity contribution is 0.0773. The summed E-state index contributed by atoms with van der Waals surface area (Å²) in [5.74, 6) is -0.0251. The van der Waals surface area contributed by atoms with Crippen molar-refractivity contribution >= 4 is 45.6 Å². The van der Waals surface area contributed by atoms with Gasteiger partial charge in [0, 0.05) is 30.2 Å². The Morgan fingerprint density at radius 2 is 1.84 bits per heavy atom. The van der Waals surface area contributed by atoms with Crippen LogP contribution in [0.5, 0.6) is 0 Å². The molecular formula is C20H16Cl2N2O. The standard InChI is InChI=1S/C20H16Cl2N2O/c21-17-6-2-1-4-15(17)20(25)24-10-8-13(9-11-24)16-12-23-19-14(16)5-3-7-18(19)22/h1-8,12,23H,9-11H2. The first-order valence-electron chi connectivity index (χ1n) is 8.14. The number of hydrogen-bond donors (Lipinski definition) is 1. The SMILES string of the molecule is O=C(c1ccccc1Cl)N1CC=C(c2c[nH]c3c(Cl)cccc23)CC1. The van der Waals surface area contributed by atoms with Gasteiger partial charge in [-0.15, -0.1) is 0 Å². The fraction of sp³-hybridized carbons (Fsp3) is 0.150. The number of carbonyl (C=O) groups excluding carboxylic acids is 1. The number of hydrogen-bond acceptors (Lipinski definition) is 1. The summed E-state index contributed by atoms with van der Waals surface area (Å²) in [5.41, 5.74) is 3.90. The minimum atomic E-state index is -0.0251. The zero-order chi connectivity index (χ0) is 17.4. The number of halogens is 2. The number of nitrogens with zero attached hydrogens (tertiary/aromatic N) is 1. The maximum absolute atomic E-state index is 12.7. The van der Waals surface area contributed by atoms with Gasteiger partial charge in [-0.05, 0) is 30.2 Å². The van der Waals surface area contributed by atoms with Crippen LogP contribution in [0.25, 0.3) is 16.5 Å². The van der Waals surface area contributed by atoms with Gasteiger partial charge < -0.3 is 9.88 Å². The van der Waals surface area contributed by atoms with Crippen LogP contribution in [-0.4, -0.2) is 28.9 Å². The van der Waals surface area contributed by atoms with Crippen molar-refractivity contribution in [1.82, 2.24) is 9.88 Å². The number of para-hydroxylation sites is 1. The molecule has 0 radical (unpaired) electrons. The van der Waals surface area contributed by atoms with Crippen molar-refractivity contribution in [3.8, 4) is 0 Å². The fourth-order valence-electron chi connectivity index (χ4n) is 3.29. The van der Waals surface area contributed by atoms with Crippen LogP contribution in [0.15, 0.2) is 54.7 Å². The second kappa shape index (κ2) is 6.58. The third kappa shape index (κ3) is 2.94. The second-order valence-corrected chi connectivity index (χ2v) is 6.89. The molecule has 126 valence electrons. The van der Waals surface area contributed by atoms with E-state index in [1.807, 2.05) is 35.4 Å². The summed E-state index contributed by atoms with van der Waals surface area (Å²) in [4.78, 5) is 17.7. The van der Waals surface area contributed by atoms with Crippen molar-refractivity contribution in [2.24, 2.45) is 0 Å². The lowest BCUT2D eigenvalue weighted by Gasteiger charge is -2.27. The van der Waals surface area contributed by atoms with E-state index in [2.05, 4.69) is 17.1 Å². The number of amides is 1. The zero-order valence-corrected chi connectivity index (χ0v) is 14.9. The number of benzene rings is 2. The molecule has 1 aliphatic heterocycles. The third-order valence-corrected chi connectivity index (χ3v) is 5.26. The molecule has 2 aromatic carbocycles. The molecule has 0 aliphatic carbocycles. The highest BCUT2D eigenvalue weighted by molar-refractivity contribution is 6.35. The van der Waals surface area contributed by atoms with Gasteiger partial charge in [0.1, 0.15) is 0 Å². The number of rotatable bonds is 2. The summed E-state index contributed by atoms with van der Waals surface area (Å²) in [6.45, 7) is 1.25. The first-order chi connectivity index (χ1) is 12.1. The number of aromatic nitrogens is 1. The molecular weight excluding hydrogens is 355 g/mol. The van der Waals surface area contributed by atoms with E-state index in [4.69, 9.17) is 23.2 Å². The van der Waals surface area contributed by atoms with Gasteiger partial charge in [-0.2, -0.15) is 0 Å². The van der Waals surface area contributed by atoms with Gasteiger partial charge in [0.05, 0.1) is 21.1 Å². The van der Waals surface area contributed by atoms with Crippen molar-refractivity contribution in [2.75, 3.05) is 13.1 Å². The molecule has 0 bridgehead atoms. The summed E-state index contributed by atoms with van der Waals surface area (Å²) >= 11 is 12.4. The number of aromatic amines is 1. The maximum atomic E-state index is 12.7. The molecule has 0 atom stereocenters. The van der Waals surface area contributed by atoms with Crippen molar-refractivity contribution in [2.45, 2.75) is 6.42 Å². The van der Waals surface area contributed by atoms with E-state index in [0.717, 1.165) is 27.9 Å². The van der Waals surface area contributed by atoms with E-state index >= 15 is 0 Å². The van der Waals surface area contributed by atoms with E-state index in [1.54, 1.807) is 12.1 Å². The summed E-state index contributed by atoms with van der Waals surface area (Å²) in [6.07, 6.45) is 4.91. The van der Waals surface area contributed by atoms with E-state index in [1.165, 1.54) is 5.57 Å². The predicted molar refractivity (Wildman–Crippen MR) is 103 cm³/mol.